The van der Waals surface area contributed by atoms with E-state index in [-0.39, 0.29) is 12.4 Å². The maximum absolute atomic E-state index is 12.3. The lowest BCUT2D eigenvalue weighted by Crippen LogP contribution is -2.16. The molecular formula is C19H20O4S. The number of methoxy groups -OCH3 is 1. The zero-order valence-electron chi connectivity index (χ0n) is 14.2. The molecule has 0 aliphatic heterocycles. The summed E-state index contributed by atoms with van der Waals surface area (Å²) in [5, 5.41) is 0. The highest BCUT2D eigenvalue weighted by molar-refractivity contribution is 7.98. The fraction of sp³-hybridized carbons (Fsp3) is 0.263. The van der Waals surface area contributed by atoms with Gasteiger partial charge < -0.3 is 9.47 Å². The lowest BCUT2D eigenvalue weighted by Gasteiger charge is -2.10. The van der Waals surface area contributed by atoms with E-state index in [4.69, 9.17) is 9.47 Å². The summed E-state index contributed by atoms with van der Waals surface area (Å²) >= 11 is 1.55. The summed E-state index contributed by atoms with van der Waals surface area (Å²) in [5.74, 6) is -0.353. The predicted octanol–water partition coefficient (Wildman–Crippen LogP) is 4.07. The summed E-state index contributed by atoms with van der Waals surface area (Å²) in [6.45, 7) is 3.48. The van der Waals surface area contributed by atoms with Gasteiger partial charge in [-0.05, 0) is 49.9 Å². The zero-order valence-corrected chi connectivity index (χ0v) is 15.0. The van der Waals surface area contributed by atoms with Crippen molar-refractivity contribution in [1.29, 1.82) is 0 Å². The van der Waals surface area contributed by atoms with Crippen molar-refractivity contribution in [1.82, 2.24) is 0 Å². The van der Waals surface area contributed by atoms with Crippen LogP contribution in [0.25, 0.3) is 0 Å². The monoisotopic (exact) mass is 344 g/mol. The van der Waals surface area contributed by atoms with Crippen molar-refractivity contribution in [3.05, 3.63) is 58.7 Å². The Kier molecular flexibility index (Phi) is 6.04. The second kappa shape index (κ2) is 8.02. The Bertz CT molecular complexity index is 768. The van der Waals surface area contributed by atoms with Crippen LogP contribution >= 0.6 is 11.8 Å². The molecule has 2 rings (SSSR count). The average Bonchev–Trinajstić information content (AvgIpc) is 2.60. The molecule has 0 N–H and O–H groups in total. The molecule has 5 heteroatoms. The minimum atomic E-state index is -0.571. The number of Topliss-reactive ketones (excluding diaryl/α,β-unsaturated/α-hetero) is 1. The van der Waals surface area contributed by atoms with Crippen LogP contribution in [0.4, 0.5) is 0 Å². The summed E-state index contributed by atoms with van der Waals surface area (Å²) < 4.78 is 10.4. The van der Waals surface area contributed by atoms with Crippen molar-refractivity contribution in [2.75, 3.05) is 20.0 Å². The van der Waals surface area contributed by atoms with Gasteiger partial charge in [0.05, 0.1) is 7.11 Å². The van der Waals surface area contributed by atoms with E-state index in [1.54, 1.807) is 30.0 Å². The molecule has 0 aliphatic carbocycles. The Hall–Kier alpha value is -2.27. The summed E-state index contributed by atoms with van der Waals surface area (Å²) in [5.41, 5.74) is 2.74. The molecule has 2 aromatic rings. The van der Waals surface area contributed by atoms with E-state index >= 15 is 0 Å². The fourth-order valence-electron chi connectivity index (χ4n) is 2.29. The minimum absolute atomic E-state index is 0.218. The first-order valence-corrected chi connectivity index (χ1v) is 8.68. The first kappa shape index (κ1) is 18.1. The summed E-state index contributed by atoms with van der Waals surface area (Å²) in [4.78, 5) is 25.5. The summed E-state index contributed by atoms with van der Waals surface area (Å²) in [6.07, 6.45) is 1.94. The predicted molar refractivity (Wildman–Crippen MR) is 95.3 cm³/mol. The number of rotatable bonds is 6. The topological polar surface area (TPSA) is 52.6 Å². The van der Waals surface area contributed by atoms with Crippen LogP contribution in [-0.2, 0) is 4.74 Å². The van der Waals surface area contributed by atoms with Crippen molar-refractivity contribution in [3.63, 3.8) is 0 Å². The van der Waals surface area contributed by atoms with E-state index in [1.165, 1.54) is 7.11 Å². The molecule has 24 heavy (non-hydrogen) atoms. The molecule has 0 unspecified atom stereocenters. The highest BCUT2D eigenvalue weighted by Gasteiger charge is 2.17. The van der Waals surface area contributed by atoms with Gasteiger partial charge in [-0.1, -0.05) is 17.7 Å². The molecule has 0 saturated heterocycles. The van der Waals surface area contributed by atoms with E-state index in [0.29, 0.717) is 16.9 Å². The Balaban J connectivity index is 2.10. The van der Waals surface area contributed by atoms with Crippen molar-refractivity contribution < 1.29 is 19.1 Å². The smallest absolute Gasteiger partial charge is 0.342 e. The van der Waals surface area contributed by atoms with Gasteiger partial charge in [-0.15, -0.1) is 11.8 Å². The number of aryl methyl sites for hydroxylation is 2. The number of hydrogen-bond acceptors (Lipinski definition) is 5. The van der Waals surface area contributed by atoms with E-state index < -0.39 is 5.97 Å². The molecule has 0 radical (unpaired) electrons. The largest absolute Gasteiger partial charge is 0.496 e. The van der Waals surface area contributed by atoms with Crippen LogP contribution < -0.4 is 4.74 Å². The highest BCUT2D eigenvalue weighted by Crippen LogP contribution is 2.26. The number of ether oxygens (including phenoxy) is 2. The molecule has 126 valence electrons. The molecule has 0 atom stereocenters. The van der Waals surface area contributed by atoms with Gasteiger partial charge in [0.2, 0.25) is 5.78 Å². The first-order valence-electron chi connectivity index (χ1n) is 7.46. The third kappa shape index (κ3) is 4.17. The van der Waals surface area contributed by atoms with Gasteiger partial charge in [0.25, 0.3) is 0 Å². The molecule has 0 bridgehead atoms. The number of thioether (sulfide) groups is 1. The number of ketones is 1. The van der Waals surface area contributed by atoms with Crippen molar-refractivity contribution in [3.8, 4) is 5.75 Å². The molecule has 0 spiro atoms. The van der Waals surface area contributed by atoms with Crippen molar-refractivity contribution in [2.45, 2.75) is 18.7 Å². The van der Waals surface area contributed by atoms with Crippen LogP contribution in [0.5, 0.6) is 5.75 Å². The zero-order chi connectivity index (χ0) is 17.7. The van der Waals surface area contributed by atoms with E-state index in [1.807, 2.05) is 38.3 Å². The van der Waals surface area contributed by atoms with Crippen LogP contribution in [0.15, 0.2) is 41.3 Å². The maximum Gasteiger partial charge on any atom is 0.342 e. The SMILES string of the molecule is COc1cc(SC)ccc1C(=O)OCC(=O)c1cc(C)ccc1C. The molecule has 0 heterocycles. The Labute approximate surface area is 146 Å². The van der Waals surface area contributed by atoms with Gasteiger partial charge in [0.1, 0.15) is 11.3 Å². The third-order valence-electron chi connectivity index (χ3n) is 3.66. The second-order valence-corrected chi connectivity index (χ2v) is 6.26. The Morgan fingerprint density at radius 2 is 1.79 bits per heavy atom. The van der Waals surface area contributed by atoms with Gasteiger partial charge in [-0.2, -0.15) is 0 Å². The van der Waals surface area contributed by atoms with Crippen LogP contribution in [0.1, 0.15) is 31.8 Å². The van der Waals surface area contributed by atoms with E-state index in [9.17, 15) is 9.59 Å². The maximum atomic E-state index is 12.3. The lowest BCUT2D eigenvalue weighted by molar-refractivity contribution is 0.0471. The van der Waals surface area contributed by atoms with Crippen LogP contribution in [0.3, 0.4) is 0 Å². The van der Waals surface area contributed by atoms with E-state index in [2.05, 4.69) is 0 Å². The average molecular weight is 344 g/mol. The quantitative estimate of drug-likeness (QED) is 0.449. The van der Waals surface area contributed by atoms with Gasteiger partial charge >= 0.3 is 5.97 Å². The van der Waals surface area contributed by atoms with E-state index in [0.717, 1.165) is 16.0 Å². The Morgan fingerprint density at radius 3 is 2.46 bits per heavy atom. The third-order valence-corrected chi connectivity index (χ3v) is 4.38. The number of carbonyl (C=O) groups is 2. The Morgan fingerprint density at radius 1 is 1.04 bits per heavy atom. The standard InChI is InChI=1S/C19H20O4S/c1-12-5-6-13(2)16(9-12)17(20)11-23-19(21)15-8-7-14(24-4)10-18(15)22-3/h5-10H,11H2,1-4H3. The molecule has 0 aliphatic rings. The molecule has 0 amide bonds. The molecule has 0 saturated carbocycles. The normalized spacial score (nSPS) is 10.3. The van der Waals surface area contributed by atoms with Crippen molar-refractivity contribution >= 4 is 23.5 Å². The van der Waals surface area contributed by atoms with Gasteiger partial charge in [0, 0.05) is 10.5 Å². The molecule has 4 nitrogen and oxygen atoms in total. The molecular weight excluding hydrogens is 324 g/mol. The first-order chi connectivity index (χ1) is 11.5. The minimum Gasteiger partial charge on any atom is -0.496 e. The number of carbonyl (C=O) groups excluding carboxylic acids is 2. The highest BCUT2D eigenvalue weighted by atomic mass is 32.2. The molecule has 0 fully saturated rings. The summed E-state index contributed by atoms with van der Waals surface area (Å²) in [7, 11) is 1.50. The molecule has 2 aromatic carbocycles. The van der Waals surface area contributed by atoms with Crippen LogP contribution in [0, 0.1) is 13.8 Å². The van der Waals surface area contributed by atoms with Gasteiger partial charge in [0.15, 0.2) is 6.61 Å². The van der Waals surface area contributed by atoms with Gasteiger partial charge in [-0.3, -0.25) is 4.79 Å². The lowest BCUT2D eigenvalue weighted by atomic mass is 10.0. The number of benzene rings is 2. The fourth-order valence-corrected chi connectivity index (χ4v) is 2.72. The van der Waals surface area contributed by atoms with Crippen molar-refractivity contribution in [2.24, 2.45) is 0 Å². The summed E-state index contributed by atoms with van der Waals surface area (Å²) in [6, 6.07) is 10.9. The van der Waals surface area contributed by atoms with Gasteiger partial charge in [-0.25, -0.2) is 4.79 Å². The molecule has 0 aromatic heterocycles. The number of esters is 1. The second-order valence-electron chi connectivity index (χ2n) is 5.38. The van der Waals surface area contributed by atoms with Crippen LogP contribution in [0.2, 0.25) is 0 Å². The number of hydrogen-bond donors (Lipinski definition) is 0. The van der Waals surface area contributed by atoms with Crippen LogP contribution in [-0.4, -0.2) is 31.7 Å².